The van der Waals surface area contributed by atoms with E-state index in [4.69, 9.17) is 4.52 Å². The van der Waals surface area contributed by atoms with Gasteiger partial charge in [-0.2, -0.15) is 4.98 Å². The van der Waals surface area contributed by atoms with Crippen LogP contribution in [-0.4, -0.2) is 22.6 Å². The van der Waals surface area contributed by atoms with Crippen LogP contribution >= 0.6 is 11.3 Å². The smallest absolute Gasteiger partial charge is 0.232 e. The first-order valence-electron chi connectivity index (χ1n) is 7.79. The number of nitrogens with one attached hydrogen (secondary N) is 2. The molecule has 0 aliphatic rings. The fourth-order valence-corrected chi connectivity index (χ4v) is 2.70. The Morgan fingerprint density at radius 1 is 1.30 bits per heavy atom. The van der Waals surface area contributed by atoms with Gasteiger partial charge in [-0.3, -0.25) is 0 Å². The summed E-state index contributed by atoms with van der Waals surface area (Å²) in [5.74, 6) is 1.98. The van der Waals surface area contributed by atoms with Crippen molar-refractivity contribution in [2.45, 2.75) is 53.1 Å². The van der Waals surface area contributed by atoms with Crippen LogP contribution in [0.25, 0.3) is 0 Å². The third-order valence-corrected chi connectivity index (χ3v) is 4.06. The first kappa shape index (κ1) is 17.5. The number of aromatic nitrogens is 2. The van der Waals surface area contributed by atoms with E-state index in [-0.39, 0.29) is 5.41 Å². The van der Waals surface area contributed by atoms with Crippen LogP contribution in [0.15, 0.2) is 21.6 Å². The van der Waals surface area contributed by atoms with E-state index >= 15 is 0 Å². The van der Waals surface area contributed by atoms with Crippen LogP contribution in [0.4, 0.5) is 0 Å². The van der Waals surface area contributed by atoms with Crippen molar-refractivity contribution in [3.63, 3.8) is 0 Å². The van der Waals surface area contributed by atoms with Gasteiger partial charge in [-0.05, 0) is 26.0 Å². The summed E-state index contributed by atoms with van der Waals surface area (Å²) >= 11 is 1.78. The van der Waals surface area contributed by atoms with Gasteiger partial charge >= 0.3 is 0 Å². The van der Waals surface area contributed by atoms with Crippen molar-refractivity contribution in [2.24, 2.45) is 4.99 Å². The molecule has 2 rings (SSSR count). The Hall–Kier alpha value is -1.89. The Bertz CT molecular complexity index is 653. The van der Waals surface area contributed by atoms with Crippen molar-refractivity contribution in [1.82, 2.24) is 20.8 Å². The number of guanidine groups is 1. The van der Waals surface area contributed by atoms with Crippen LogP contribution < -0.4 is 10.6 Å². The van der Waals surface area contributed by atoms with Crippen molar-refractivity contribution in [3.05, 3.63) is 33.6 Å². The number of rotatable bonds is 5. The first-order valence-corrected chi connectivity index (χ1v) is 8.60. The molecule has 2 heterocycles. The summed E-state index contributed by atoms with van der Waals surface area (Å²) in [6.07, 6.45) is 0. The molecule has 0 atom stereocenters. The lowest BCUT2D eigenvalue weighted by atomic mass is 9.97. The van der Waals surface area contributed by atoms with Crippen molar-refractivity contribution in [3.8, 4) is 0 Å². The van der Waals surface area contributed by atoms with Crippen LogP contribution in [0, 0.1) is 6.92 Å². The van der Waals surface area contributed by atoms with Crippen molar-refractivity contribution in [1.29, 1.82) is 0 Å². The second kappa shape index (κ2) is 7.59. The molecular weight excluding hydrogens is 310 g/mol. The van der Waals surface area contributed by atoms with Gasteiger partial charge in [0.2, 0.25) is 5.89 Å². The van der Waals surface area contributed by atoms with E-state index in [1.165, 1.54) is 9.75 Å². The van der Waals surface area contributed by atoms with Gasteiger partial charge in [-0.1, -0.05) is 25.9 Å². The minimum atomic E-state index is -0.144. The van der Waals surface area contributed by atoms with E-state index in [0.29, 0.717) is 18.3 Å². The highest BCUT2D eigenvalue weighted by Crippen LogP contribution is 2.19. The van der Waals surface area contributed by atoms with E-state index in [1.807, 2.05) is 27.7 Å². The molecule has 0 spiro atoms. The number of hydrogen-bond donors (Lipinski definition) is 2. The molecule has 6 nitrogen and oxygen atoms in total. The molecule has 2 aromatic rings. The van der Waals surface area contributed by atoms with Gasteiger partial charge in [0.1, 0.15) is 6.54 Å². The van der Waals surface area contributed by atoms with Crippen LogP contribution in [0.3, 0.4) is 0 Å². The molecular formula is C16H25N5OS. The van der Waals surface area contributed by atoms with E-state index in [9.17, 15) is 0 Å². The Balaban J connectivity index is 1.96. The molecule has 2 N–H and O–H groups in total. The second-order valence-corrected chi connectivity index (χ2v) is 7.70. The Kier molecular flexibility index (Phi) is 5.76. The molecule has 7 heteroatoms. The molecule has 0 saturated carbocycles. The summed E-state index contributed by atoms with van der Waals surface area (Å²) in [6.45, 7) is 12.2. The number of aryl methyl sites for hydroxylation is 1. The summed E-state index contributed by atoms with van der Waals surface area (Å²) in [5, 5.41) is 10.5. The lowest BCUT2D eigenvalue weighted by molar-refractivity contribution is 0.318. The molecule has 126 valence electrons. The zero-order valence-electron chi connectivity index (χ0n) is 14.4. The van der Waals surface area contributed by atoms with Crippen LogP contribution in [0.5, 0.6) is 0 Å². The van der Waals surface area contributed by atoms with Gasteiger partial charge in [0.15, 0.2) is 11.8 Å². The third kappa shape index (κ3) is 5.35. The predicted molar refractivity (Wildman–Crippen MR) is 93.7 cm³/mol. The van der Waals surface area contributed by atoms with Gasteiger partial charge in [-0.15, -0.1) is 11.3 Å². The fraction of sp³-hybridized carbons (Fsp3) is 0.562. The molecule has 0 fully saturated rings. The minimum absolute atomic E-state index is 0.144. The highest BCUT2D eigenvalue weighted by atomic mass is 32.1. The maximum absolute atomic E-state index is 5.28. The lowest BCUT2D eigenvalue weighted by Crippen LogP contribution is -2.36. The molecule has 0 aliphatic heterocycles. The lowest BCUT2D eigenvalue weighted by Gasteiger charge is -2.10. The van der Waals surface area contributed by atoms with Gasteiger partial charge in [-0.25, -0.2) is 4.99 Å². The summed E-state index contributed by atoms with van der Waals surface area (Å²) < 4.78 is 5.28. The fourth-order valence-electron chi connectivity index (χ4n) is 1.87. The maximum Gasteiger partial charge on any atom is 0.232 e. The first-order chi connectivity index (χ1) is 10.9. The van der Waals surface area contributed by atoms with Crippen LogP contribution in [0.2, 0.25) is 0 Å². The van der Waals surface area contributed by atoms with E-state index in [1.54, 1.807) is 11.3 Å². The average Bonchev–Trinajstić information content (AvgIpc) is 3.10. The molecule has 2 aromatic heterocycles. The van der Waals surface area contributed by atoms with Crippen LogP contribution in [0.1, 0.15) is 49.2 Å². The second-order valence-electron chi connectivity index (χ2n) is 6.33. The topological polar surface area (TPSA) is 75.3 Å². The molecule has 0 amide bonds. The summed E-state index contributed by atoms with van der Waals surface area (Å²) in [5.41, 5.74) is -0.144. The third-order valence-electron chi connectivity index (χ3n) is 3.06. The van der Waals surface area contributed by atoms with Gasteiger partial charge in [0, 0.05) is 21.7 Å². The Morgan fingerprint density at radius 2 is 2.09 bits per heavy atom. The number of nitrogens with zero attached hydrogens (tertiary/aromatic N) is 3. The molecule has 23 heavy (non-hydrogen) atoms. The van der Waals surface area contributed by atoms with Gasteiger partial charge in [0.05, 0.1) is 6.54 Å². The standard InChI is InChI=1S/C16H25N5OS/c1-6-17-15(18-9-12-8-7-11(2)23-12)19-10-13-20-14(22-21-13)16(3,4)5/h7-8H,6,9-10H2,1-5H3,(H2,17,18,19). The molecule has 0 unspecified atom stereocenters. The van der Waals surface area contributed by atoms with Crippen LogP contribution in [-0.2, 0) is 18.5 Å². The zero-order chi connectivity index (χ0) is 16.9. The Labute approximate surface area is 141 Å². The Morgan fingerprint density at radius 3 is 2.65 bits per heavy atom. The SMILES string of the molecule is CCNC(=NCc1noc(C(C)(C)C)n1)NCc1ccc(C)s1. The largest absolute Gasteiger partial charge is 0.357 e. The molecule has 0 radical (unpaired) electrons. The van der Waals surface area contributed by atoms with Gasteiger partial charge in [0.25, 0.3) is 0 Å². The predicted octanol–water partition coefficient (Wildman–Crippen LogP) is 2.99. The van der Waals surface area contributed by atoms with Crippen molar-refractivity contribution in [2.75, 3.05) is 6.54 Å². The minimum Gasteiger partial charge on any atom is -0.357 e. The normalized spacial score (nSPS) is 12.5. The molecule has 0 aromatic carbocycles. The summed E-state index contributed by atoms with van der Waals surface area (Å²) in [4.78, 5) is 11.5. The number of hydrogen-bond acceptors (Lipinski definition) is 5. The monoisotopic (exact) mass is 335 g/mol. The van der Waals surface area contributed by atoms with Crippen molar-refractivity contribution >= 4 is 17.3 Å². The molecule has 0 bridgehead atoms. The maximum atomic E-state index is 5.28. The number of thiophene rings is 1. The highest BCUT2D eigenvalue weighted by Gasteiger charge is 2.21. The quantitative estimate of drug-likeness (QED) is 0.649. The molecule has 0 saturated heterocycles. The van der Waals surface area contributed by atoms with E-state index < -0.39 is 0 Å². The highest BCUT2D eigenvalue weighted by molar-refractivity contribution is 7.11. The summed E-state index contributed by atoms with van der Waals surface area (Å²) in [7, 11) is 0. The van der Waals surface area contributed by atoms with Gasteiger partial charge < -0.3 is 15.2 Å². The molecule has 0 aliphatic carbocycles. The summed E-state index contributed by atoms with van der Waals surface area (Å²) in [6, 6.07) is 4.25. The zero-order valence-corrected chi connectivity index (χ0v) is 15.3. The van der Waals surface area contributed by atoms with Crippen molar-refractivity contribution < 1.29 is 4.52 Å². The van der Waals surface area contributed by atoms with E-state index in [2.05, 4.69) is 44.8 Å². The van der Waals surface area contributed by atoms with E-state index in [0.717, 1.165) is 19.0 Å². The average molecular weight is 335 g/mol. The number of aliphatic imine (C=N–C) groups is 1.